The van der Waals surface area contributed by atoms with Crippen molar-refractivity contribution in [2.75, 3.05) is 5.75 Å². The lowest BCUT2D eigenvalue weighted by molar-refractivity contribution is 0.102. The van der Waals surface area contributed by atoms with E-state index in [1.54, 1.807) is 4.68 Å². The Labute approximate surface area is 190 Å². The fourth-order valence-corrected chi connectivity index (χ4v) is 4.76. The summed E-state index contributed by atoms with van der Waals surface area (Å²) in [5.74, 6) is 1.04. The van der Waals surface area contributed by atoms with Gasteiger partial charge in [-0.25, -0.2) is 4.68 Å². The van der Waals surface area contributed by atoms with Crippen LogP contribution in [0.4, 0.5) is 0 Å². The SMILES string of the molecule is Cc1nnc(SCC(=O)c2cc(C)n(-c3c(C)n(C)n(-c4ccccc4)c3=O)c2C)n1C. The van der Waals surface area contributed by atoms with Crippen LogP contribution in [-0.4, -0.2) is 40.2 Å². The maximum atomic E-state index is 13.5. The molecule has 0 aliphatic carbocycles. The molecule has 9 heteroatoms. The number of hydrogen-bond donors (Lipinski definition) is 0. The van der Waals surface area contributed by atoms with E-state index < -0.39 is 0 Å². The predicted octanol–water partition coefficient (Wildman–Crippen LogP) is 3.30. The van der Waals surface area contributed by atoms with Gasteiger partial charge < -0.3 is 9.13 Å². The van der Waals surface area contributed by atoms with Gasteiger partial charge in [0.05, 0.1) is 17.1 Å². The molecule has 0 radical (unpaired) electrons. The molecule has 4 aromatic rings. The van der Waals surface area contributed by atoms with Gasteiger partial charge in [-0.3, -0.25) is 14.3 Å². The maximum Gasteiger partial charge on any atom is 0.295 e. The van der Waals surface area contributed by atoms with Crippen LogP contribution in [0, 0.1) is 27.7 Å². The summed E-state index contributed by atoms with van der Waals surface area (Å²) in [6.07, 6.45) is 0. The molecule has 8 nitrogen and oxygen atoms in total. The van der Waals surface area contributed by atoms with Gasteiger partial charge in [-0.2, -0.15) is 0 Å². The number of rotatable bonds is 6. The third-order valence-electron chi connectivity index (χ3n) is 5.86. The molecule has 4 rings (SSSR count). The standard InChI is InChI=1S/C23H26N6O2S/c1-14-12-19(20(30)13-32-23-25-24-17(4)26(23)5)15(2)28(14)21-16(3)27(6)29(22(21)31)18-10-8-7-9-11-18/h7-12H,13H2,1-6H3. The van der Waals surface area contributed by atoms with Gasteiger partial charge in [0.15, 0.2) is 10.9 Å². The average molecular weight is 451 g/mol. The molecule has 0 fully saturated rings. The van der Waals surface area contributed by atoms with Crippen molar-refractivity contribution in [1.29, 1.82) is 0 Å². The van der Waals surface area contributed by atoms with Gasteiger partial charge in [-0.1, -0.05) is 30.0 Å². The first kappa shape index (κ1) is 21.9. The Hall–Kier alpha value is -3.33. The second-order valence-electron chi connectivity index (χ2n) is 7.83. The molecule has 0 aliphatic heterocycles. The highest BCUT2D eigenvalue weighted by Gasteiger charge is 2.24. The van der Waals surface area contributed by atoms with E-state index in [4.69, 9.17) is 0 Å². The Morgan fingerprint density at radius 3 is 2.31 bits per heavy atom. The van der Waals surface area contributed by atoms with E-state index in [9.17, 15) is 9.59 Å². The molecule has 0 N–H and O–H groups in total. The number of Topliss-reactive ketones (excluding diaryl/α,β-unsaturated/α-hetero) is 1. The minimum atomic E-state index is -0.124. The van der Waals surface area contributed by atoms with E-state index in [0.29, 0.717) is 16.4 Å². The fourth-order valence-electron chi connectivity index (χ4n) is 3.92. The Balaban J connectivity index is 1.72. The Kier molecular flexibility index (Phi) is 5.68. The summed E-state index contributed by atoms with van der Waals surface area (Å²) in [7, 11) is 3.75. The summed E-state index contributed by atoms with van der Waals surface area (Å²) >= 11 is 1.36. The molecule has 166 valence electrons. The zero-order valence-electron chi connectivity index (χ0n) is 19.1. The van der Waals surface area contributed by atoms with Crippen molar-refractivity contribution in [3.8, 4) is 11.4 Å². The molecule has 3 aromatic heterocycles. The monoisotopic (exact) mass is 450 g/mol. The molecular weight excluding hydrogens is 424 g/mol. The Bertz CT molecular complexity index is 1370. The lowest BCUT2D eigenvalue weighted by Gasteiger charge is -2.08. The molecule has 0 saturated carbocycles. The van der Waals surface area contributed by atoms with Crippen LogP contribution in [0.1, 0.15) is 33.3 Å². The smallest absolute Gasteiger partial charge is 0.295 e. The quantitative estimate of drug-likeness (QED) is 0.333. The minimum Gasteiger partial charge on any atom is -0.311 e. The van der Waals surface area contributed by atoms with E-state index in [1.807, 2.05) is 92.0 Å². The minimum absolute atomic E-state index is 0.00743. The van der Waals surface area contributed by atoms with E-state index in [0.717, 1.165) is 28.6 Å². The summed E-state index contributed by atoms with van der Waals surface area (Å²) in [5, 5.41) is 8.85. The summed E-state index contributed by atoms with van der Waals surface area (Å²) in [4.78, 5) is 26.5. The number of ketones is 1. The van der Waals surface area contributed by atoms with Crippen molar-refractivity contribution in [2.45, 2.75) is 32.9 Å². The molecule has 0 atom stereocenters. The Morgan fingerprint density at radius 1 is 1.00 bits per heavy atom. The van der Waals surface area contributed by atoms with Crippen molar-refractivity contribution in [3.63, 3.8) is 0 Å². The maximum absolute atomic E-state index is 13.5. The fraction of sp³-hybridized carbons (Fsp3) is 0.304. The molecule has 0 amide bonds. The first-order valence-corrected chi connectivity index (χ1v) is 11.3. The molecule has 0 saturated heterocycles. The molecule has 0 aliphatic rings. The van der Waals surface area contributed by atoms with Gasteiger partial charge >= 0.3 is 0 Å². The Morgan fingerprint density at radius 2 is 1.69 bits per heavy atom. The van der Waals surface area contributed by atoms with Crippen LogP contribution in [0.2, 0.25) is 0 Å². The van der Waals surface area contributed by atoms with E-state index in [2.05, 4.69) is 10.2 Å². The zero-order chi connectivity index (χ0) is 23.2. The third-order valence-corrected chi connectivity index (χ3v) is 6.88. The number of nitrogens with zero attached hydrogens (tertiary/aromatic N) is 6. The summed E-state index contributed by atoms with van der Waals surface area (Å²) < 4.78 is 7.25. The number of aromatic nitrogens is 6. The van der Waals surface area contributed by atoms with E-state index >= 15 is 0 Å². The van der Waals surface area contributed by atoms with Crippen molar-refractivity contribution in [1.82, 2.24) is 28.7 Å². The first-order chi connectivity index (χ1) is 15.2. The highest BCUT2D eigenvalue weighted by atomic mass is 32.2. The lowest BCUT2D eigenvalue weighted by Crippen LogP contribution is -2.22. The van der Waals surface area contributed by atoms with Gasteiger partial charge in [0.2, 0.25) is 0 Å². The number of para-hydroxylation sites is 1. The number of carbonyl (C=O) groups is 1. The van der Waals surface area contributed by atoms with Crippen LogP contribution < -0.4 is 5.56 Å². The second-order valence-corrected chi connectivity index (χ2v) is 8.77. The molecular formula is C23H26N6O2S. The first-order valence-electron chi connectivity index (χ1n) is 10.3. The van der Waals surface area contributed by atoms with Gasteiger partial charge in [0.1, 0.15) is 11.5 Å². The van der Waals surface area contributed by atoms with E-state index in [1.165, 1.54) is 11.8 Å². The van der Waals surface area contributed by atoms with Crippen molar-refractivity contribution >= 4 is 17.5 Å². The number of carbonyl (C=O) groups excluding carboxylic acids is 1. The topological polar surface area (TPSA) is 79.6 Å². The molecule has 0 bridgehead atoms. The van der Waals surface area contributed by atoms with Crippen LogP contribution in [0.15, 0.2) is 46.3 Å². The van der Waals surface area contributed by atoms with Crippen molar-refractivity contribution < 1.29 is 4.79 Å². The summed E-state index contributed by atoms with van der Waals surface area (Å²) in [5.41, 5.74) is 4.27. The molecule has 3 heterocycles. The average Bonchev–Trinajstić information content (AvgIpc) is 3.33. The van der Waals surface area contributed by atoms with Gasteiger partial charge in [-0.15, -0.1) is 10.2 Å². The van der Waals surface area contributed by atoms with Crippen LogP contribution in [0.5, 0.6) is 0 Å². The van der Waals surface area contributed by atoms with Gasteiger partial charge in [-0.05, 0) is 45.9 Å². The molecule has 32 heavy (non-hydrogen) atoms. The van der Waals surface area contributed by atoms with Gasteiger partial charge in [0.25, 0.3) is 5.56 Å². The summed E-state index contributed by atoms with van der Waals surface area (Å²) in [6.45, 7) is 7.59. The third kappa shape index (κ3) is 3.52. The normalized spacial score (nSPS) is 11.3. The number of thioether (sulfide) groups is 1. The van der Waals surface area contributed by atoms with Crippen LogP contribution in [0.3, 0.4) is 0 Å². The highest BCUT2D eigenvalue weighted by molar-refractivity contribution is 7.99. The number of hydrogen-bond acceptors (Lipinski definition) is 5. The van der Waals surface area contributed by atoms with Crippen molar-refractivity contribution in [2.24, 2.45) is 14.1 Å². The van der Waals surface area contributed by atoms with E-state index in [-0.39, 0.29) is 17.1 Å². The lowest BCUT2D eigenvalue weighted by atomic mass is 10.2. The number of benzene rings is 1. The molecule has 0 spiro atoms. The van der Waals surface area contributed by atoms with Crippen molar-refractivity contribution in [3.05, 3.63) is 75.2 Å². The number of aryl methyl sites for hydroxylation is 2. The molecule has 1 aromatic carbocycles. The van der Waals surface area contributed by atoms with Crippen LogP contribution >= 0.6 is 11.8 Å². The highest BCUT2D eigenvalue weighted by Crippen LogP contribution is 2.25. The second kappa shape index (κ2) is 8.31. The van der Waals surface area contributed by atoms with Gasteiger partial charge in [0, 0.05) is 31.0 Å². The van der Waals surface area contributed by atoms with Crippen LogP contribution in [-0.2, 0) is 14.1 Å². The summed E-state index contributed by atoms with van der Waals surface area (Å²) in [6, 6.07) is 11.4. The zero-order valence-corrected chi connectivity index (χ0v) is 19.9. The largest absolute Gasteiger partial charge is 0.311 e. The van der Waals surface area contributed by atoms with Crippen LogP contribution in [0.25, 0.3) is 11.4 Å². The molecule has 0 unspecified atom stereocenters. The predicted molar refractivity (Wildman–Crippen MR) is 125 cm³/mol.